The summed E-state index contributed by atoms with van der Waals surface area (Å²) in [5.41, 5.74) is 0. The maximum atomic E-state index is 3.87. The topological polar surface area (TPSA) is 12.8 Å². The number of ether oxygens (including phenoxy) is 1. The lowest BCUT2D eigenvalue weighted by Crippen LogP contribution is -1.75. The van der Waals surface area contributed by atoms with E-state index in [4.69, 9.17) is 0 Å². The molecule has 2 rings (SSSR count). The Balaban J connectivity index is 2.67. The minimum absolute atomic E-state index is 0.925. The molecule has 0 aliphatic heterocycles. The fourth-order valence-corrected chi connectivity index (χ4v) is 1.28. The van der Waals surface area contributed by atoms with Gasteiger partial charge in [0.15, 0.2) is 0 Å². The number of aromatic hydroxyl groups is 1. The molecular weight excluding hydrogens is 148 g/mol. The van der Waals surface area contributed by atoms with Gasteiger partial charge in [-0.2, -0.15) is 0 Å². The molecule has 0 aliphatic carbocycles. The molecule has 2 aromatic rings. The first-order valence-electron chi connectivity index (χ1n) is 3.86. The molecular formula is C11H10O. The molecule has 0 aromatic heterocycles. The van der Waals surface area contributed by atoms with Crippen LogP contribution in [0, 0.1) is 7.11 Å². The minimum atomic E-state index is 0.925. The second-order valence-electron chi connectivity index (χ2n) is 2.69. The van der Waals surface area contributed by atoms with Crippen LogP contribution in [0.1, 0.15) is 0 Å². The summed E-state index contributed by atoms with van der Waals surface area (Å²) in [5, 5.41) is 2.45. The van der Waals surface area contributed by atoms with Crippen molar-refractivity contribution >= 4 is 10.8 Å². The molecule has 0 radical (unpaired) electrons. The van der Waals surface area contributed by atoms with Gasteiger partial charge in [-0.3, -0.25) is 0 Å². The monoisotopic (exact) mass is 158 g/mol. The molecule has 60 valence electrons. The van der Waals surface area contributed by atoms with Gasteiger partial charge < -0.3 is 4.74 Å². The summed E-state index contributed by atoms with van der Waals surface area (Å²) in [5.74, 6) is 0.925. The molecule has 0 fully saturated rings. The average molecular weight is 158 g/mol. The molecule has 1 nitrogen and oxygen atoms in total. The van der Waals surface area contributed by atoms with Crippen LogP contribution in [0.5, 0.6) is 5.75 Å². The van der Waals surface area contributed by atoms with E-state index >= 15 is 0 Å². The van der Waals surface area contributed by atoms with E-state index in [0.29, 0.717) is 0 Å². The summed E-state index contributed by atoms with van der Waals surface area (Å²) in [7, 11) is 3.49. The van der Waals surface area contributed by atoms with Crippen LogP contribution in [0.3, 0.4) is 0 Å². The Morgan fingerprint density at radius 1 is 0.917 bits per heavy atom. The Hall–Kier alpha value is -1.50. The van der Waals surface area contributed by atoms with Gasteiger partial charge in [0, 0.05) is 12.1 Å². The van der Waals surface area contributed by atoms with Crippen LogP contribution < -0.4 is 0 Å². The smallest absolute Gasteiger partial charge is 0.226 e. The first-order valence-corrected chi connectivity index (χ1v) is 3.86. The lowest BCUT2D eigenvalue weighted by atomic mass is 10.1. The zero-order valence-corrected chi connectivity index (χ0v) is 6.70. The summed E-state index contributed by atoms with van der Waals surface area (Å²) >= 11 is 0. The molecule has 0 heterocycles. The van der Waals surface area contributed by atoms with Crippen LogP contribution in [-0.4, -0.2) is 4.74 Å². The van der Waals surface area contributed by atoms with Gasteiger partial charge in [-0.25, -0.2) is 0 Å². The fraction of sp³-hybridized carbons (Fsp3) is 0. The van der Waals surface area contributed by atoms with Crippen LogP contribution in [-0.2, 0) is 0 Å². The van der Waals surface area contributed by atoms with Gasteiger partial charge in [-0.05, 0) is 23.9 Å². The van der Waals surface area contributed by atoms with E-state index in [0.717, 1.165) is 5.75 Å². The van der Waals surface area contributed by atoms with Crippen molar-refractivity contribution in [2.24, 2.45) is 0 Å². The quantitative estimate of drug-likeness (QED) is 0.447. The SMILES string of the molecule is [CH2-][OH+]c1ccc2ccccc2c1. The van der Waals surface area contributed by atoms with E-state index in [1.165, 1.54) is 10.8 Å². The van der Waals surface area contributed by atoms with Gasteiger partial charge in [0.05, 0.1) is 0 Å². The molecule has 2 aromatic carbocycles. The van der Waals surface area contributed by atoms with Crippen LogP contribution in [0.4, 0.5) is 0 Å². The molecule has 0 saturated heterocycles. The summed E-state index contributed by atoms with van der Waals surface area (Å²) in [6.07, 6.45) is 0. The zero-order valence-electron chi connectivity index (χ0n) is 6.70. The summed E-state index contributed by atoms with van der Waals surface area (Å²) < 4.78 is 3.87. The lowest BCUT2D eigenvalue weighted by Gasteiger charge is -2.03. The van der Waals surface area contributed by atoms with Crippen LogP contribution >= 0.6 is 0 Å². The second kappa shape index (κ2) is 2.86. The van der Waals surface area contributed by atoms with Gasteiger partial charge in [0.25, 0.3) is 0 Å². The Morgan fingerprint density at radius 2 is 1.67 bits per heavy atom. The number of benzene rings is 2. The summed E-state index contributed by atoms with van der Waals surface area (Å²) in [6, 6.07) is 14.3. The minimum Gasteiger partial charge on any atom is -0.722 e. The van der Waals surface area contributed by atoms with Crippen LogP contribution in [0.25, 0.3) is 10.8 Å². The highest BCUT2D eigenvalue weighted by molar-refractivity contribution is 5.83. The van der Waals surface area contributed by atoms with Crippen molar-refractivity contribution in [2.75, 3.05) is 0 Å². The highest BCUT2D eigenvalue weighted by atomic mass is 16.5. The first kappa shape index (κ1) is 7.17. The summed E-state index contributed by atoms with van der Waals surface area (Å²) in [6.45, 7) is 0. The molecule has 0 spiro atoms. The fourth-order valence-electron chi connectivity index (χ4n) is 1.28. The predicted molar refractivity (Wildman–Crippen MR) is 51.0 cm³/mol. The molecule has 0 atom stereocenters. The van der Waals surface area contributed by atoms with Crippen molar-refractivity contribution < 1.29 is 4.74 Å². The Labute approximate surface area is 71.6 Å². The molecule has 1 N–H and O–H groups in total. The number of rotatable bonds is 1. The predicted octanol–water partition coefficient (Wildman–Crippen LogP) is 2.87. The zero-order chi connectivity index (χ0) is 8.39. The third-order valence-electron chi connectivity index (χ3n) is 1.92. The van der Waals surface area contributed by atoms with Crippen LogP contribution in [0.2, 0.25) is 0 Å². The van der Waals surface area contributed by atoms with Gasteiger partial charge in [0.2, 0.25) is 5.75 Å². The van der Waals surface area contributed by atoms with Crippen molar-refractivity contribution in [3.8, 4) is 5.75 Å². The van der Waals surface area contributed by atoms with Crippen molar-refractivity contribution in [3.63, 3.8) is 0 Å². The van der Waals surface area contributed by atoms with Crippen LogP contribution in [0.15, 0.2) is 42.5 Å². The normalized spacial score (nSPS) is 10.1. The van der Waals surface area contributed by atoms with E-state index in [2.05, 4.69) is 30.0 Å². The standard InChI is InChI=1S/C11H10O/c1-12-11-7-6-9-4-2-3-5-10(9)8-11/h2-8,12H,1H2. The Kier molecular flexibility index (Phi) is 1.71. The highest BCUT2D eigenvalue weighted by Gasteiger charge is 1.95. The highest BCUT2D eigenvalue weighted by Crippen LogP contribution is 2.20. The maximum Gasteiger partial charge on any atom is 0.226 e. The van der Waals surface area contributed by atoms with Gasteiger partial charge in [-0.1, -0.05) is 24.3 Å². The van der Waals surface area contributed by atoms with E-state index in [1.54, 1.807) is 0 Å². The number of hydrogen-bond donors (Lipinski definition) is 0. The molecule has 1 heteroatoms. The molecule has 0 amide bonds. The summed E-state index contributed by atoms with van der Waals surface area (Å²) in [4.78, 5) is 0. The molecule has 0 aliphatic rings. The van der Waals surface area contributed by atoms with Gasteiger partial charge in [-0.15, -0.1) is 0 Å². The molecule has 0 saturated carbocycles. The van der Waals surface area contributed by atoms with Crippen molar-refractivity contribution in [2.45, 2.75) is 0 Å². The third-order valence-corrected chi connectivity index (χ3v) is 1.92. The Morgan fingerprint density at radius 3 is 2.42 bits per heavy atom. The van der Waals surface area contributed by atoms with E-state index in [-0.39, 0.29) is 0 Å². The molecule has 12 heavy (non-hydrogen) atoms. The second-order valence-corrected chi connectivity index (χ2v) is 2.69. The lowest BCUT2D eigenvalue weighted by molar-refractivity contribution is 0.186. The largest absolute Gasteiger partial charge is 0.722 e. The molecule has 0 bridgehead atoms. The Bertz CT molecular complexity index is 393. The van der Waals surface area contributed by atoms with Gasteiger partial charge in [0.1, 0.15) is 0 Å². The van der Waals surface area contributed by atoms with E-state index in [9.17, 15) is 0 Å². The number of hydrogen-bond acceptors (Lipinski definition) is 0. The third kappa shape index (κ3) is 1.14. The average Bonchev–Trinajstić information content (AvgIpc) is 2.17. The number of aliphatic hydroxyl groups is 1. The van der Waals surface area contributed by atoms with E-state index < -0.39 is 0 Å². The van der Waals surface area contributed by atoms with Gasteiger partial charge >= 0.3 is 0 Å². The molecule has 0 unspecified atom stereocenters. The first-order chi connectivity index (χ1) is 5.90. The maximum absolute atomic E-state index is 3.87. The van der Waals surface area contributed by atoms with Crippen molar-refractivity contribution in [3.05, 3.63) is 49.6 Å². The van der Waals surface area contributed by atoms with Crippen molar-refractivity contribution in [1.29, 1.82) is 0 Å². The van der Waals surface area contributed by atoms with E-state index in [1.807, 2.05) is 24.3 Å². The van der Waals surface area contributed by atoms with Crippen molar-refractivity contribution in [1.82, 2.24) is 0 Å². The number of fused-ring (bicyclic) bond motifs is 1.